The van der Waals surface area contributed by atoms with Gasteiger partial charge in [0, 0.05) is 13.3 Å². The smallest absolute Gasteiger partial charge is 0.234 e. The third-order valence-electron chi connectivity index (χ3n) is 3.37. The van der Waals surface area contributed by atoms with E-state index in [1.165, 1.54) is 22.3 Å². The number of hydrogen-bond acceptors (Lipinski definition) is 4. The van der Waals surface area contributed by atoms with Gasteiger partial charge >= 0.3 is 0 Å². The maximum Gasteiger partial charge on any atom is 0.234 e. The summed E-state index contributed by atoms with van der Waals surface area (Å²) in [6.07, 6.45) is 1.15. The van der Waals surface area contributed by atoms with Crippen molar-refractivity contribution in [2.75, 3.05) is 18.2 Å². The predicted molar refractivity (Wildman–Crippen MR) is 85.7 cm³/mol. The molecule has 0 radical (unpaired) electrons. The number of nitrogens with zero attached hydrogens (tertiary/aromatic N) is 1. The molecule has 1 aromatic heterocycles. The number of anilines is 1. The van der Waals surface area contributed by atoms with Gasteiger partial charge in [-0.25, -0.2) is 8.42 Å². The third kappa shape index (κ3) is 3.33. The quantitative estimate of drug-likeness (QED) is 0.869. The number of para-hydroxylation sites is 1. The molecule has 21 heavy (non-hydrogen) atoms. The summed E-state index contributed by atoms with van der Waals surface area (Å²) in [7, 11) is -1.78. The molecule has 2 aromatic rings. The summed E-state index contributed by atoms with van der Waals surface area (Å²) in [5.74, 6) is -0.446. The van der Waals surface area contributed by atoms with Gasteiger partial charge in [-0.2, -0.15) is 11.3 Å². The summed E-state index contributed by atoms with van der Waals surface area (Å²) >= 11 is 1.53. The van der Waals surface area contributed by atoms with Crippen molar-refractivity contribution in [1.29, 1.82) is 0 Å². The molecule has 112 valence electrons. The summed E-state index contributed by atoms with van der Waals surface area (Å²) < 4.78 is 23.7. The first-order valence-corrected chi connectivity index (χ1v) is 9.24. The van der Waals surface area contributed by atoms with Gasteiger partial charge in [0.15, 0.2) is 9.84 Å². The maximum atomic E-state index is 12.6. The van der Waals surface area contributed by atoms with Crippen LogP contribution in [0.5, 0.6) is 0 Å². The first kappa shape index (κ1) is 15.7. The summed E-state index contributed by atoms with van der Waals surface area (Å²) in [6.45, 7) is 1.82. The van der Waals surface area contributed by atoms with Crippen LogP contribution in [0.4, 0.5) is 5.69 Å². The van der Waals surface area contributed by atoms with Gasteiger partial charge in [-0.15, -0.1) is 0 Å². The van der Waals surface area contributed by atoms with Crippen LogP contribution in [0.15, 0.2) is 46.0 Å². The monoisotopic (exact) mass is 323 g/mol. The minimum absolute atomic E-state index is 0.135. The molecular weight excluding hydrogens is 306 g/mol. The number of amides is 1. The Morgan fingerprint density at radius 3 is 2.48 bits per heavy atom. The van der Waals surface area contributed by atoms with Crippen molar-refractivity contribution in [2.45, 2.75) is 17.7 Å². The van der Waals surface area contributed by atoms with E-state index in [-0.39, 0.29) is 16.7 Å². The van der Waals surface area contributed by atoms with Gasteiger partial charge in [0.1, 0.15) is 0 Å². The van der Waals surface area contributed by atoms with Crippen LogP contribution in [0, 0.1) is 0 Å². The zero-order valence-corrected chi connectivity index (χ0v) is 13.7. The van der Waals surface area contributed by atoms with E-state index < -0.39 is 9.84 Å². The lowest BCUT2D eigenvalue weighted by molar-refractivity contribution is -0.119. The van der Waals surface area contributed by atoms with Crippen molar-refractivity contribution in [3.63, 3.8) is 0 Å². The first-order valence-electron chi connectivity index (χ1n) is 6.41. The lowest BCUT2D eigenvalue weighted by atomic mass is 10.0. The summed E-state index contributed by atoms with van der Waals surface area (Å²) in [5.41, 5.74) is 1.35. The number of sulfone groups is 1. The molecule has 0 spiro atoms. The Labute approximate surface area is 129 Å². The van der Waals surface area contributed by atoms with E-state index in [0.29, 0.717) is 5.69 Å². The van der Waals surface area contributed by atoms with Crippen LogP contribution in [0.3, 0.4) is 0 Å². The van der Waals surface area contributed by atoms with Gasteiger partial charge in [0.25, 0.3) is 0 Å². The first-order chi connectivity index (χ1) is 9.82. The minimum atomic E-state index is -3.38. The molecule has 0 unspecified atom stereocenters. The lowest BCUT2D eigenvalue weighted by Crippen LogP contribution is -2.31. The van der Waals surface area contributed by atoms with Crippen molar-refractivity contribution < 1.29 is 13.2 Å². The highest BCUT2D eigenvalue weighted by Crippen LogP contribution is 2.28. The van der Waals surface area contributed by atoms with Crippen molar-refractivity contribution in [3.8, 4) is 0 Å². The van der Waals surface area contributed by atoms with E-state index in [2.05, 4.69) is 0 Å². The molecular formula is C15H17NO3S2. The molecule has 1 heterocycles. The highest BCUT2D eigenvalue weighted by Gasteiger charge is 2.24. The highest BCUT2D eigenvalue weighted by atomic mass is 32.2. The molecule has 0 N–H and O–H groups in total. The third-order valence-corrected chi connectivity index (χ3v) is 5.22. The fraction of sp³-hybridized carbons (Fsp3) is 0.267. The maximum absolute atomic E-state index is 12.6. The highest BCUT2D eigenvalue weighted by molar-refractivity contribution is 7.90. The predicted octanol–water partition coefficient (Wildman–Crippen LogP) is 2.92. The van der Waals surface area contributed by atoms with E-state index in [4.69, 9.17) is 0 Å². The van der Waals surface area contributed by atoms with Gasteiger partial charge in [0.05, 0.1) is 16.5 Å². The van der Waals surface area contributed by atoms with Crippen molar-refractivity contribution in [3.05, 3.63) is 46.7 Å². The van der Waals surface area contributed by atoms with E-state index >= 15 is 0 Å². The Morgan fingerprint density at radius 1 is 1.24 bits per heavy atom. The summed E-state index contributed by atoms with van der Waals surface area (Å²) in [4.78, 5) is 14.1. The number of likely N-dealkylation sites (N-methyl/N-ethyl adjacent to an activating group) is 1. The van der Waals surface area contributed by atoms with Gasteiger partial charge < -0.3 is 4.90 Å². The molecule has 2 rings (SSSR count). The second-order valence-corrected chi connectivity index (χ2v) is 7.68. The number of thiophene rings is 1. The largest absolute Gasteiger partial charge is 0.314 e. The molecule has 1 amide bonds. The van der Waals surface area contributed by atoms with Crippen molar-refractivity contribution in [2.24, 2.45) is 0 Å². The van der Waals surface area contributed by atoms with Crippen LogP contribution in [-0.4, -0.2) is 27.6 Å². The SMILES string of the molecule is C[C@H](C(=O)N(C)c1ccccc1S(C)(=O)=O)c1ccsc1. The van der Waals surface area contributed by atoms with Crippen LogP contribution in [-0.2, 0) is 14.6 Å². The topological polar surface area (TPSA) is 54.5 Å². The van der Waals surface area contributed by atoms with Crippen molar-refractivity contribution in [1.82, 2.24) is 0 Å². The molecule has 6 heteroatoms. The molecule has 1 aromatic carbocycles. The van der Waals surface area contributed by atoms with Crippen LogP contribution in [0.2, 0.25) is 0 Å². The number of carbonyl (C=O) groups is 1. The van der Waals surface area contributed by atoms with Crippen LogP contribution in [0.1, 0.15) is 18.4 Å². The molecule has 1 atom stereocenters. The molecule has 0 aliphatic rings. The lowest BCUT2D eigenvalue weighted by Gasteiger charge is -2.23. The molecule has 0 bridgehead atoms. The minimum Gasteiger partial charge on any atom is -0.314 e. The van der Waals surface area contributed by atoms with Gasteiger partial charge in [-0.05, 0) is 41.4 Å². The molecule has 0 fully saturated rings. The van der Waals surface area contributed by atoms with Gasteiger partial charge in [0.2, 0.25) is 5.91 Å². The standard InChI is InChI=1S/C15H17NO3S2/c1-11(12-8-9-20-10-12)15(17)16(2)13-6-4-5-7-14(13)21(3,18)19/h4-11H,1-3H3/t11-/m0/s1. The Hall–Kier alpha value is -1.66. The van der Waals surface area contributed by atoms with Gasteiger partial charge in [-0.1, -0.05) is 12.1 Å². The molecule has 4 nitrogen and oxygen atoms in total. The fourth-order valence-corrected chi connectivity index (χ4v) is 3.79. The number of benzene rings is 1. The normalized spacial score (nSPS) is 12.9. The fourth-order valence-electron chi connectivity index (χ4n) is 2.12. The van der Waals surface area contributed by atoms with E-state index in [1.54, 1.807) is 25.2 Å². The zero-order chi connectivity index (χ0) is 15.6. The summed E-state index contributed by atoms with van der Waals surface area (Å²) in [5, 5.41) is 3.85. The Morgan fingerprint density at radius 2 is 1.90 bits per heavy atom. The van der Waals surface area contributed by atoms with Crippen LogP contribution < -0.4 is 4.90 Å². The molecule has 0 aliphatic heterocycles. The van der Waals surface area contributed by atoms with E-state index in [0.717, 1.165) is 11.8 Å². The number of hydrogen-bond donors (Lipinski definition) is 0. The Kier molecular flexibility index (Phi) is 4.49. The van der Waals surface area contributed by atoms with E-state index in [9.17, 15) is 13.2 Å². The number of rotatable bonds is 4. The molecule has 0 saturated carbocycles. The number of carbonyl (C=O) groups excluding carboxylic acids is 1. The Balaban J connectivity index is 2.37. The van der Waals surface area contributed by atoms with Gasteiger partial charge in [-0.3, -0.25) is 4.79 Å². The van der Waals surface area contributed by atoms with Crippen LogP contribution in [0.25, 0.3) is 0 Å². The second kappa shape index (κ2) is 5.99. The average molecular weight is 323 g/mol. The summed E-state index contributed by atoms with van der Waals surface area (Å²) in [6, 6.07) is 8.45. The second-order valence-electron chi connectivity index (χ2n) is 4.92. The molecule has 0 aliphatic carbocycles. The van der Waals surface area contributed by atoms with Crippen molar-refractivity contribution >= 4 is 32.8 Å². The zero-order valence-electron chi connectivity index (χ0n) is 12.1. The van der Waals surface area contributed by atoms with E-state index in [1.807, 2.05) is 23.8 Å². The Bertz CT molecular complexity index is 736. The average Bonchev–Trinajstić information content (AvgIpc) is 2.98. The van der Waals surface area contributed by atoms with Crippen LogP contribution >= 0.6 is 11.3 Å². The molecule has 0 saturated heterocycles.